The molecule has 0 aliphatic heterocycles. The van der Waals surface area contributed by atoms with Crippen LogP contribution >= 0.6 is 0 Å². The third-order valence-electron chi connectivity index (χ3n) is 6.12. The van der Waals surface area contributed by atoms with Gasteiger partial charge in [0.25, 0.3) is 0 Å². The summed E-state index contributed by atoms with van der Waals surface area (Å²) in [6.07, 6.45) is 0.773. The maximum atomic E-state index is 13.4. The number of ether oxygens (including phenoxy) is 4. The second-order valence-electron chi connectivity index (χ2n) is 10.2. The molecule has 2 bridgehead atoms. The molecule has 3 aliphatic rings. The summed E-state index contributed by atoms with van der Waals surface area (Å²) in [5.74, 6) is -7.68. The number of rotatable bonds is 9. The summed E-state index contributed by atoms with van der Waals surface area (Å²) in [7, 11) is 0. The fourth-order valence-corrected chi connectivity index (χ4v) is 5.19. The van der Waals surface area contributed by atoms with E-state index in [1.54, 1.807) is 55.4 Å². The van der Waals surface area contributed by atoms with Gasteiger partial charge in [-0.15, -0.1) is 0 Å². The van der Waals surface area contributed by atoms with Crippen LogP contribution < -0.4 is 0 Å². The van der Waals surface area contributed by atoms with E-state index in [0.717, 1.165) is 5.57 Å². The van der Waals surface area contributed by atoms with Gasteiger partial charge in [-0.3, -0.25) is 19.2 Å². The van der Waals surface area contributed by atoms with E-state index < -0.39 is 83.8 Å². The van der Waals surface area contributed by atoms with Gasteiger partial charge in [-0.05, 0) is 61.8 Å². The van der Waals surface area contributed by atoms with E-state index in [9.17, 15) is 19.2 Å². The van der Waals surface area contributed by atoms with Gasteiger partial charge in [-0.25, -0.2) is 0 Å². The average Bonchev–Trinajstić information content (AvgIpc) is 2.69. The standard InChI is InChI=1S/C26H40O8/c1-10-16-11-17-19(23(27)31-12(2)3)21(25(29)33-14(6)7)18(16)22(26(30)34-15(8)9)20(17)24(28)32-13(4)5/h11-15,17-22H,10H2,1-9H3. The molecule has 0 saturated heterocycles. The lowest BCUT2D eigenvalue weighted by atomic mass is 9.50. The van der Waals surface area contributed by atoms with Crippen molar-refractivity contribution < 1.29 is 38.1 Å². The molecule has 4 unspecified atom stereocenters. The lowest BCUT2D eigenvalue weighted by Crippen LogP contribution is -2.60. The lowest BCUT2D eigenvalue weighted by molar-refractivity contribution is -0.191. The molecule has 8 heteroatoms. The SMILES string of the molecule is CCC1=CC2C(C(=O)OC(C)C)C(C(=O)OC(C)C)C1C(C(=O)OC(C)C)C2C(=O)OC(C)C. The van der Waals surface area contributed by atoms with Crippen LogP contribution in [0.5, 0.6) is 0 Å². The fourth-order valence-electron chi connectivity index (χ4n) is 5.19. The zero-order valence-electron chi connectivity index (χ0n) is 21.8. The quantitative estimate of drug-likeness (QED) is 0.278. The smallest absolute Gasteiger partial charge is 0.310 e. The van der Waals surface area contributed by atoms with Crippen molar-refractivity contribution in [3.8, 4) is 0 Å². The normalized spacial score (nSPS) is 28.2. The summed E-state index contributed by atoms with van der Waals surface area (Å²) in [6, 6.07) is 0. The van der Waals surface area contributed by atoms with Crippen LogP contribution in [0.3, 0.4) is 0 Å². The molecule has 8 nitrogen and oxygen atoms in total. The summed E-state index contributed by atoms with van der Waals surface area (Å²) >= 11 is 0. The van der Waals surface area contributed by atoms with Crippen molar-refractivity contribution in [1.82, 2.24) is 0 Å². The molecule has 4 atom stereocenters. The predicted molar refractivity (Wildman–Crippen MR) is 124 cm³/mol. The maximum Gasteiger partial charge on any atom is 0.310 e. The highest BCUT2D eigenvalue weighted by molar-refractivity contribution is 5.90. The minimum Gasteiger partial charge on any atom is -0.463 e. The van der Waals surface area contributed by atoms with Crippen molar-refractivity contribution in [1.29, 1.82) is 0 Å². The second-order valence-corrected chi connectivity index (χ2v) is 10.2. The summed E-state index contributed by atoms with van der Waals surface area (Å²) in [4.78, 5) is 53.4. The molecule has 3 rings (SSSR count). The molecule has 1 saturated carbocycles. The first-order valence-electron chi connectivity index (χ1n) is 12.3. The summed E-state index contributed by atoms with van der Waals surface area (Å²) in [5, 5.41) is 0. The van der Waals surface area contributed by atoms with Crippen LogP contribution in [0, 0.1) is 35.5 Å². The number of hydrogen-bond donors (Lipinski definition) is 0. The molecular weight excluding hydrogens is 440 g/mol. The third-order valence-corrected chi connectivity index (χ3v) is 6.12. The monoisotopic (exact) mass is 480 g/mol. The molecule has 0 aromatic carbocycles. The van der Waals surface area contributed by atoms with Gasteiger partial charge in [-0.1, -0.05) is 18.6 Å². The van der Waals surface area contributed by atoms with E-state index in [0.29, 0.717) is 6.42 Å². The first-order valence-corrected chi connectivity index (χ1v) is 12.3. The molecule has 0 heterocycles. The molecule has 1 fully saturated rings. The molecular formula is C26H40O8. The summed E-state index contributed by atoms with van der Waals surface area (Å²) in [6.45, 7) is 15.7. The number of fused-ring (bicyclic) bond motifs is 2. The van der Waals surface area contributed by atoms with Crippen molar-refractivity contribution in [2.24, 2.45) is 35.5 Å². The largest absolute Gasteiger partial charge is 0.463 e. The van der Waals surface area contributed by atoms with Crippen LogP contribution in [0.15, 0.2) is 11.6 Å². The Balaban J connectivity index is 2.70. The van der Waals surface area contributed by atoms with Crippen LogP contribution in [0.2, 0.25) is 0 Å². The highest BCUT2D eigenvalue weighted by Gasteiger charge is 2.64. The molecule has 0 aromatic rings. The van der Waals surface area contributed by atoms with Crippen molar-refractivity contribution >= 4 is 23.9 Å². The van der Waals surface area contributed by atoms with E-state index in [-0.39, 0.29) is 0 Å². The van der Waals surface area contributed by atoms with E-state index >= 15 is 0 Å². The molecule has 0 radical (unpaired) electrons. The predicted octanol–water partition coefficient (Wildman–Crippen LogP) is 3.85. The van der Waals surface area contributed by atoms with Gasteiger partial charge in [0.1, 0.15) is 0 Å². The molecule has 0 aromatic heterocycles. The summed E-state index contributed by atoms with van der Waals surface area (Å²) < 4.78 is 22.1. The van der Waals surface area contributed by atoms with Gasteiger partial charge in [0.15, 0.2) is 0 Å². The first-order chi connectivity index (χ1) is 15.8. The highest BCUT2D eigenvalue weighted by Crippen LogP contribution is 2.56. The van der Waals surface area contributed by atoms with Crippen LogP contribution in [-0.4, -0.2) is 48.3 Å². The van der Waals surface area contributed by atoms with E-state index in [1.807, 2.05) is 13.0 Å². The minimum absolute atomic E-state index is 0.410. The Morgan fingerprint density at radius 3 is 1.18 bits per heavy atom. The first kappa shape index (κ1) is 27.9. The Morgan fingerprint density at radius 1 is 0.618 bits per heavy atom. The maximum absolute atomic E-state index is 13.4. The molecule has 34 heavy (non-hydrogen) atoms. The summed E-state index contributed by atoms with van der Waals surface area (Å²) in [5.41, 5.74) is 0.837. The van der Waals surface area contributed by atoms with E-state index in [2.05, 4.69) is 0 Å². The highest BCUT2D eigenvalue weighted by atomic mass is 16.6. The molecule has 0 N–H and O–H groups in total. The van der Waals surface area contributed by atoms with Crippen LogP contribution in [0.25, 0.3) is 0 Å². The van der Waals surface area contributed by atoms with Crippen molar-refractivity contribution in [3.05, 3.63) is 11.6 Å². The Bertz CT molecular complexity index is 754. The molecule has 0 spiro atoms. The van der Waals surface area contributed by atoms with Gasteiger partial charge in [-0.2, -0.15) is 0 Å². The van der Waals surface area contributed by atoms with Gasteiger partial charge in [0.05, 0.1) is 48.1 Å². The molecule has 0 amide bonds. The van der Waals surface area contributed by atoms with Crippen LogP contribution in [-0.2, 0) is 38.1 Å². The third kappa shape index (κ3) is 5.99. The van der Waals surface area contributed by atoms with Crippen LogP contribution in [0.1, 0.15) is 68.7 Å². The second kappa shape index (κ2) is 11.4. The zero-order valence-corrected chi connectivity index (χ0v) is 21.8. The topological polar surface area (TPSA) is 105 Å². The zero-order chi connectivity index (χ0) is 25.9. The number of carbonyl (C=O) groups excluding carboxylic acids is 4. The Morgan fingerprint density at radius 2 is 0.912 bits per heavy atom. The van der Waals surface area contributed by atoms with Crippen molar-refractivity contribution in [2.45, 2.75) is 93.2 Å². The van der Waals surface area contributed by atoms with Gasteiger partial charge < -0.3 is 18.9 Å². The van der Waals surface area contributed by atoms with Crippen molar-refractivity contribution in [2.75, 3.05) is 0 Å². The number of hydrogen-bond acceptors (Lipinski definition) is 8. The number of carbonyl (C=O) groups is 4. The van der Waals surface area contributed by atoms with Gasteiger partial charge in [0.2, 0.25) is 0 Å². The Kier molecular flexibility index (Phi) is 9.31. The number of esters is 4. The van der Waals surface area contributed by atoms with Crippen LogP contribution in [0.4, 0.5) is 0 Å². The van der Waals surface area contributed by atoms with Gasteiger partial charge in [0, 0.05) is 11.8 Å². The number of allylic oxidation sites excluding steroid dienone is 2. The Hall–Kier alpha value is -2.38. The minimum atomic E-state index is -0.971. The lowest BCUT2D eigenvalue weighted by Gasteiger charge is -2.52. The van der Waals surface area contributed by atoms with E-state index in [4.69, 9.17) is 18.9 Å². The molecule has 192 valence electrons. The molecule has 3 aliphatic carbocycles. The van der Waals surface area contributed by atoms with E-state index in [1.165, 1.54) is 0 Å². The average molecular weight is 481 g/mol. The fraction of sp³-hybridized carbons (Fsp3) is 0.769. The Labute approximate surface area is 202 Å². The van der Waals surface area contributed by atoms with Crippen molar-refractivity contribution in [3.63, 3.8) is 0 Å². The van der Waals surface area contributed by atoms with Gasteiger partial charge >= 0.3 is 23.9 Å².